The molecule has 0 radical (unpaired) electrons. The Balaban J connectivity index is 2.14. The van der Waals surface area contributed by atoms with Crippen LogP contribution in [0.15, 0.2) is 30.3 Å². The molecule has 1 fully saturated rings. The highest BCUT2D eigenvalue weighted by Crippen LogP contribution is 2.35. The van der Waals surface area contributed by atoms with Crippen LogP contribution in [0.3, 0.4) is 0 Å². The molecule has 1 unspecified atom stereocenters. The normalized spacial score (nSPS) is 25.1. The van der Waals surface area contributed by atoms with Crippen molar-refractivity contribution in [2.24, 2.45) is 5.41 Å². The molecule has 18 heavy (non-hydrogen) atoms. The molecule has 1 aliphatic carbocycles. The smallest absolute Gasteiger partial charge is 0.142 e. The van der Waals surface area contributed by atoms with Crippen LogP contribution in [-0.2, 0) is 4.79 Å². The summed E-state index contributed by atoms with van der Waals surface area (Å²) in [6.45, 7) is 1.83. The van der Waals surface area contributed by atoms with Gasteiger partial charge in [-0.2, -0.15) is 0 Å². The van der Waals surface area contributed by atoms with Crippen molar-refractivity contribution >= 4 is 5.78 Å². The zero-order chi connectivity index (χ0) is 13.0. The Morgan fingerprint density at radius 3 is 2.67 bits per heavy atom. The number of hydrogen-bond donors (Lipinski definition) is 1. The van der Waals surface area contributed by atoms with Crippen LogP contribution in [0.1, 0.15) is 38.2 Å². The minimum Gasteiger partial charge on any atom is -0.379 e. The van der Waals surface area contributed by atoms with Gasteiger partial charge in [0, 0.05) is 12.0 Å². The molecular formula is C16H18O2. The van der Waals surface area contributed by atoms with Crippen molar-refractivity contribution in [3.63, 3.8) is 0 Å². The topological polar surface area (TPSA) is 37.3 Å². The van der Waals surface area contributed by atoms with Crippen LogP contribution in [0.25, 0.3) is 0 Å². The summed E-state index contributed by atoms with van der Waals surface area (Å²) < 4.78 is 0. The highest BCUT2D eigenvalue weighted by molar-refractivity contribution is 5.86. The van der Waals surface area contributed by atoms with Gasteiger partial charge < -0.3 is 5.11 Å². The second kappa shape index (κ2) is 5.37. The molecule has 2 rings (SSSR count). The largest absolute Gasteiger partial charge is 0.379 e. The third-order valence-corrected chi connectivity index (χ3v) is 3.72. The molecule has 1 aromatic rings. The molecule has 2 atom stereocenters. The van der Waals surface area contributed by atoms with E-state index in [0.29, 0.717) is 6.42 Å². The first kappa shape index (κ1) is 12.9. The van der Waals surface area contributed by atoms with Gasteiger partial charge in [0.25, 0.3) is 0 Å². The van der Waals surface area contributed by atoms with Crippen molar-refractivity contribution in [3.8, 4) is 11.8 Å². The van der Waals surface area contributed by atoms with Gasteiger partial charge in [-0.3, -0.25) is 4.79 Å². The van der Waals surface area contributed by atoms with Gasteiger partial charge in [-0.25, -0.2) is 0 Å². The van der Waals surface area contributed by atoms with E-state index in [2.05, 4.69) is 11.8 Å². The third kappa shape index (κ3) is 2.63. The van der Waals surface area contributed by atoms with Crippen LogP contribution in [0.5, 0.6) is 0 Å². The molecular weight excluding hydrogens is 224 g/mol. The fourth-order valence-corrected chi connectivity index (χ4v) is 2.32. The van der Waals surface area contributed by atoms with Gasteiger partial charge in [0.15, 0.2) is 0 Å². The van der Waals surface area contributed by atoms with E-state index in [1.54, 1.807) is 0 Å². The molecule has 0 saturated heterocycles. The van der Waals surface area contributed by atoms with Crippen molar-refractivity contribution < 1.29 is 9.90 Å². The zero-order valence-electron chi connectivity index (χ0n) is 10.6. The Hall–Kier alpha value is -1.59. The van der Waals surface area contributed by atoms with E-state index in [1.807, 2.05) is 37.3 Å². The lowest BCUT2D eigenvalue weighted by atomic mass is 9.71. The number of carbonyl (C=O) groups excluding carboxylic acids is 1. The molecule has 0 heterocycles. The summed E-state index contributed by atoms with van der Waals surface area (Å²) in [4.78, 5) is 11.9. The molecule has 1 aliphatic rings. The van der Waals surface area contributed by atoms with E-state index in [4.69, 9.17) is 0 Å². The summed E-state index contributed by atoms with van der Waals surface area (Å²) in [6.07, 6.45) is 2.36. The maximum Gasteiger partial charge on any atom is 0.142 e. The molecule has 94 valence electrons. The number of aliphatic hydroxyl groups is 1. The number of rotatable bonds is 1. The summed E-state index contributed by atoms with van der Waals surface area (Å²) in [5, 5.41) is 10.2. The van der Waals surface area contributed by atoms with Gasteiger partial charge >= 0.3 is 0 Å². The van der Waals surface area contributed by atoms with Crippen LogP contribution in [0.2, 0.25) is 0 Å². The van der Waals surface area contributed by atoms with Gasteiger partial charge in [-0.1, -0.05) is 36.5 Å². The lowest BCUT2D eigenvalue weighted by Crippen LogP contribution is -2.41. The second-order valence-corrected chi connectivity index (χ2v) is 5.09. The summed E-state index contributed by atoms with van der Waals surface area (Å²) >= 11 is 0. The Bertz CT molecular complexity index is 481. The van der Waals surface area contributed by atoms with E-state index >= 15 is 0 Å². The minimum absolute atomic E-state index is 0.142. The Morgan fingerprint density at radius 2 is 2.00 bits per heavy atom. The standard InChI is InChI=1S/C16H18O2/c1-16(12-6-5-9-14(16)17)15(18)11-10-13-7-3-2-4-8-13/h2-4,7-8,15,18H,5-6,9,12H2,1H3/t15?,16-/m0/s1. The fraction of sp³-hybridized carbons (Fsp3) is 0.438. The average molecular weight is 242 g/mol. The van der Waals surface area contributed by atoms with Crippen LogP contribution in [-0.4, -0.2) is 17.0 Å². The highest BCUT2D eigenvalue weighted by atomic mass is 16.3. The monoisotopic (exact) mass is 242 g/mol. The average Bonchev–Trinajstić information content (AvgIpc) is 2.40. The maximum absolute atomic E-state index is 11.9. The molecule has 2 nitrogen and oxygen atoms in total. The van der Waals surface area contributed by atoms with Crippen molar-refractivity contribution in [2.75, 3.05) is 0 Å². The molecule has 0 amide bonds. The van der Waals surface area contributed by atoms with Gasteiger partial charge in [0.1, 0.15) is 11.9 Å². The van der Waals surface area contributed by atoms with E-state index in [-0.39, 0.29) is 5.78 Å². The molecule has 0 spiro atoms. The summed E-state index contributed by atoms with van der Waals surface area (Å²) in [6, 6.07) is 9.52. The number of ketones is 1. The third-order valence-electron chi connectivity index (χ3n) is 3.72. The molecule has 0 aliphatic heterocycles. The lowest BCUT2D eigenvalue weighted by molar-refractivity contribution is -0.135. The second-order valence-electron chi connectivity index (χ2n) is 5.09. The first-order chi connectivity index (χ1) is 8.63. The van der Waals surface area contributed by atoms with Crippen LogP contribution in [0.4, 0.5) is 0 Å². The predicted octanol–water partition coefficient (Wildman–Crippen LogP) is 2.55. The van der Waals surface area contributed by atoms with Crippen LogP contribution < -0.4 is 0 Å². The first-order valence-electron chi connectivity index (χ1n) is 6.41. The Morgan fingerprint density at radius 1 is 1.28 bits per heavy atom. The van der Waals surface area contributed by atoms with Crippen molar-refractivity contribution in [2.45, 2.75) is 38.7 Å². The number of hydrogen-bond acceptors (Lipinski definition) is 2. The van der Waals surface area contributed by atoms with Gasteiger partial charge in [-0.05, 0) is 31.9 Å². The lowest BCUT2D eigenvalue weighted by Gasteiger charge is -2.33. The number of benzene rings is 1. The van der Waals surface area contributed by atoms with Crippen molar-refractivity contribution in [1.29, 1.82) is 0 Å². The Kier molecular flexibility index (Phi) is 3.84. The number of Topliss-reactive ketones (excluding diaryl/α,β-unsaturated/α-hetero) is 1. The minimum atomic E-state index is -0.870. The molecule has 1 N–H and O–H groups in total. The van der Waals surface area contributed by atoms with Gasteiger partial charge in [0.2, 0.25) is 0 Å². The van der Waals surface area contributed by atoms with E-state index in [1.165, 1.54) is 0 Å². The van der Waals surface area contributed by atoms with Crippen LogP contribution in [0, 0.1) is 17.3 Å². The summed E-state index contributed by atoms with van der Waals surface area (Å²) in [5.74, 6) is 5.90. The summed E-state index contributed by atoms with van der Waals surface area (Å²) in [7, 11) is 0. The maximum atomic E-state index is 11.9. The molecule has 1 saturated carbocycles. The van der Waals surface area contributed by atoms with Crippen molar-refractivity contribution in [1.82, 2.24) is 0 Å². The van der Waals surface area contributed by atoms with Crippen LogP contribution >= 0.6 is 0 Å². The highest BCUT2D eigenvalue weighted by Gasteiger charge is 2.40. The summed E-state index contributed by atoms with van der Waals surface area (Å²) in [5.41, 5.74) is 0.184. The van der Waals surface area contributed by atoms with E-state index in [9.17, 15) is 9.90 Å². The Labute approximate surface area is 108 Å². The van der Waals surface area contributed by atoms with E-state index in [0.717, 1.165) is 24.8 Å². The molecule has 0 bridgehead atoms. The van der Waals surface area contributed by atoms with Crippen molar-refractivity contribution in [3.05, 3.63) is 35.9 Å². The fourth-order valence-electron chi connectivity index (χ4n) is 2.32. The van der Waals surface area contributed by atoms with Gasteiger partial charge in [0.05, 0.1) is 5.41 Å². The van der Waals surface area contributed by atoms with Gasteiger partial charge in [-0.15, -0.1) is 0 Å². The predicted molar refractivity (Wildman–Crippen MR) is 70.9 cm³/mol. The molecule has 2 heteroatoms. The van der Waals surface area contributed by atoms with E-state index < -0.39 is 11.5 Å². The number of carbonyl (C=O) groups is 1. The SMILES string of the molecule is C[C@]1(C(O)C#Cc2ccccc2)CCCCC1=O. The quantitative estimate of drug-likeness (QED) is 0.768. The molecule has 0 aromatic heterocycles. The number of aliphatic hydroxyl groups excluding tert-OH is 1. The first-order valence-corrected chi connectivity index (χ1v) is 6.41. The molecule has 1 aromatic carbocycles. The zero-order valence-corrected chi connectivity index (χ0v) is 10.6.